The summed E-state index contributed by atoms with van der Waals surface area (Å²) < 4.78 is 0. The van der Waals surface area contributed by atoms with E-state index in [4.69, 9.17) is 0 Å². The van der Waals surface area contributed by atoms with Gasteiger partial charge in [0.2, 0.25) is 0 Å². The number of hydrogen-bond acceptors (Lipinski definition) is 2. The summed E-state index contributed by atoms with van der Waals surface area (Å²) in [5.74, 6) is 0.190. The molecule has 66 valence electrons. The number of carbonyl (C=O) groups excluding carboxylic acids is 1. The maximum atomic E-state index is 11.4. The standard InChI is InChI=1S/C10H15NO/c1-11-8-10(12)9-6-4-2-3-5-7-9/h4,6-7,11H,2-3,5,8H2,1H3. The first kappa shape index (κ1) is 9.20. The number of ketones is 1. The minimum Gasteiger partial charge on any atom is -0.313 e. The first-order valence-corrected chi connectivity index (χ1v) is 4.39. The molecule has 0 spiro atoms. The minimum atomic E-state index is 0.190. The Hall–Kier alpha value is -0.890. The predicted molar refractivity (Wildman–Crippen MR) is 50.0 cm³/mol. The van der Waals surface area contributed by atoms with Gasteiger partial charge in [-0.15, -0.1) is 0 Å². The monoisotopic (exact) mass is 165 g/mol. The van der Waals surface area contributed by atoms with Crippen LogP contribution in [0.3, 0.4) is 0 Å². The lowest BCUT2D eigenvalue weighted by Gasteiger charge is -1.98. The molecule has 0 aromatic rings. The number of hydrogen-bond donors (Lipinski definition) is 1. The summed E-state index contributed by atoms with van der Waals surface area (Å²) in [5, 5.41) is 2.86. The van der Waals surface area contributed by atoms with Crippen molar-refractivity contribution in [1.82, 2.24) is 5.32 Å². The van der Waals surface area contributed by atoms with Crippen LogP contribution in [0.2, 0.25) is 0 Å². The van der Waals surface area contributed by atoms with Crippen molar-refractivity contribution in [3.8, 4) is 0 Å². The Bertz CT molecular complexity index is 216. The van der Waals surface area contributed by atoms with Crippen molar-refractivity contribution in [2.24, 2.45) is 0 Å². The van der Waals surface area contributed by atoms with E-state index < -0.39 is 0 Å². The lowest BCUT2D eigenvalue weighted by atomic mass is 10.1. The normalized spacial score (nSPS) is 16.9. The third-order valence-corrected chi connectivity index (χ3v) is 1.90. The molecule has 1 N–H and O–H groups in total. The molecular weight excluding hydrogens is 150 g/mol. The smallest absolute Gasteiger partial charge is 0.176 e. The van der Waals surface area contributed by atoms with Crippen molar-refractivity contribution in [3.05, 3.63) is 23.8 Å². The van der Waals surface area contributed by atoms with Gasteiger partial charge in [0.15, 0.2) is 5.78 Å². The topological polar surface area (TPSA) is 29.1 Å². The largest absolute Gasteiger partial charge is 0.313 e. The van der Waals surface area contributed by atoms with Crippen LogP contribution in [0.15, 0.2) is 23.8 Å². The van der Waals surface area contributed by atoms with Crippen LogP contribution in [0.4, 0.5) is 0 Å². The van der Waals surface area contributed by atoms with Crippen LogP contribution >= 0.6 is 0 Å². The average Bonchev–Trinajstić information content (AvgIpc) is 2.32. The van der Waals surface area contributed by atoms with Gasteiger partial charge in [-0.3, -0.25) is 4.79 Å². The van der Waals surface area contributed by atoms with E-state index in [1.54, 1.807) is 7.05 Å². The fourth-order valence-electron chi connectivity index (χ4n) is 1.24. The number of Topliss-reactive ketones (excluding diaryl/α,β-unsaturated/α-hetero) is 1. The van der Waals surface area contributed by atoms with E-state index in [1.165, 1.54) is 0 Å². The Balaban J connectivity index is 2.58. The van der Waals surface area contributed by atoms with E-state index in [0.717, 1.165) is 24.8 Å². The molecule has 0 aromatic carbocycles. The van der Waals surface area contributed by atoms with Gasteiger partial charge >= 0.3 is 0 Å². The summed E-state index contributed by atoms with van der Waals surface area (Å²) in [6.07, 6.45) is 9.32. The highest BCUT2D eigenvalue weighted by molar-refractivity contribution is 5.99. The molecular formula is C10H15NO. The summed E-state index contributed by atoms with van der Waals surface area (Å²) >= 11 is 0. The molecule has 0 atom stereocenters. The highest BCUT2D eigenvalue weighted by atomic mass is 16.1. The molecule has 12 heavy (non-hydrogen) atoms. The Morgan fingerprint density at radius 1 is 1.58 bits per heavy atom. The van der Waals surface area contributed by atoms with Crippen molar-refractivity contribution in [1.29, 1.82) is 0 Å². The highest BCUT2D eigenvalue weighted by Crippen LogP contribution is 2.10. The van der Waals surface area contributed by atoms with Gasteiger partial charge in [-0.2, -0.15) is 0 Å². The maximum absolute atomic E-state index is 11.4. The van der Waals surface area contributed by atoms with Crippen molar-refractivity contribution in [2.45, 2.75) is 19.3 Å². The summed E-state index contributed by atoms with van der Waals surface area (Å²) in [5.41, 5.74) is 0.863. The Labute approximate surface area is 73.4 Å². The van der Waals surface area contributed by atoms with Crippen LogP contribution in [0.5, 0.6) is 0 Å². The van der Waals surface area contributed by atoms with Gasteiger partial charge in [0.25, 0.3) is 0 Å². The number of allylic oxidation sites excluding steroid dienone is 3. The van der Waals surface area contributed by atoms with Crippen molar-refractivity contribution in [2.75, 3.05) is 13.6 Å². The van der Waals surface area contributed by atoms with Crippen LogP contribution in [-0.2, 0) is 4.79 Å². The molecule has 0 fully saturated rings. The molecule has 1 rings (SSSR count). The fraction of sp³-hybridized carbons (Fsp3) is 0.500. The van der Waals surface area contributed by atoms with Crippen molar-refractivity contribution >= 4 is 5.78 Å². The second-order valence-electron chi connectivity index (χ2n) is 2.95. The molecule has 2 nitrogen and oxygen atoms in total. The van der Waals surface area contributed by atoms with Crippen LogP contribution < -0.4 is 5.32 Å². The molecule has 0 saturated heterocycles. The summed E-state index contributed by atoms with van der Waals surface area (Å²) in [4.78, 5) is 11.4. The van der Waals surface area contributed by atoms with Gasteiger partial charge in [0.1, 0.15) is 0 Å². The third kappa shape index (κ3) is 2.62. The summed E-state index contributed by atoms with van der Waals surface area (Å²) in [6.45, 7) is 0.441. The zero-order chi connectivity index (χ0) is 8.81. The number of nitrogens with one attached hydrogen (secondary N) is 1. The molecule has 1 aliphatic carbocycles. The van der Waals surface area contributed by atoms with Gasteiger partial charge in [-0.05, 0) is 26.3 Å². The van der Waals surface area contributed by atoms with E-state index in [9.17, 15) is 4.79 Å². The number of carbonyl (C=O) groups is 1. The first-order chi connectivity index (χ1) is 5.84. The fourth-order valence-corrected chi connectivity index (χ4v) is 1.24. The molecule has 1 aliphatic rings. The third-order valence-electron chi connectivity index (χ3n) is 1.90. The lowest BCUT2D eigenvalue weighted by Crippen LogP contribution is -2.19. The average molecular weight is 165 g/mol. The molecule has 0 saturated carbocycles. The lowest BCUT2D eigenvalue weighted by molar-refractivity contribution is -0.114. The Kier molecular flexibility index (Phi) is 3.74. The van der Waals surface area contributed by atoms with E-state index >= 15 is 0 Å². The quantitative estimate of drug-likeness (QED) is 0.685. The molecule has 0 unspecified atom stereocenters. The van der Waals surface area contributed by atoms with E-state index in [1.807, 2.05) is 12.2 Å². The Morgan fingerprint density at radius 3 is 3.17 bits per heavy atom. The second kappa shape index (κ2) is 4.88. The summed E-state index contributed by atoms with van der Waals surface area (Å²) in [7, 11) is 1.79. The Morgan fingerprint density at radius 2 is 2.42 bits per heavy atom. The van der Waals surface area contributed by atoms with Crippen molar-refractivity contribution < 1.29 is 4.79 Å². The van der Waals surface area contributed by atoms with Crippen molar-refractivity contribution in [3.63, 3.8) is 0 Å². The van der Waals surface area contributed by atoms with E-state index in [2.05, 4.69) is 11.4 Å². The second-order valence-corrected chi connectivity index (χ2v) is 2.95. The number of rotatable bonds is 3. The maximum Gasteiger partial charge on any atom is 0.176 e. The van der Waals surface area contributed by atoms with Crippen LogP contribution in [0, 0.1) is 0 Å². The molecule has 2 heteroatoms. The molecule has 0 amide bonds. The van der Waals surface area contributed by atoms with Gasteiger partial charge in [-0.25, -0.2) is 0 Å². The van der Waals surface area contributed by atoms with Crippen LogP contribution in [-0.4, -0.2) is 19.4 Å². The first-order valence-electron chi connectivity index (χ1n) is 4.39. The SMILES string of the molecule is CNCC(=O)C1=CCCCC=C1. The zero-order valence-corrected chi connectivity index (χ0v) is 7.47. The van der Waals surface area contributed by atoms with Gasteiger partial charge in [0.05, 0.1) is 6.54 Å². The zero-order valence-electron chi connectivity index (χ0n) is 7.47. The summed E-state index contributed by atoms with van der Waals surface area (Å²) in [6, 6.07) is 0. The molecule has 0 radical (unpaired) electrons. The highest BCUT2D eigenvalue weighted by Gasteiger charge is 2.05. The van der Waals surface area contributed by atoms with Gasteiger partial charge in [0, 0.05) is 5.57 Å². The molecule has 0 bridgehead atoms. The van der Waals surface area contributed by atoms with Gasteiger partial charge < -0.3 is 5.32 Å². The predicted octanol–water partition coefficient (Wildman–Crippen LogP) is 1.44. The van der Waals surface area contributed by atoms with E-state index in [0.29, 0.717) is 6.54 Å². The number of likely N-dealkylation sites (N-methyl/N-ethyl adjacent to an activating group) is 1. The molecule has 0 aliphatic heterocycles. The van der Waals surface area contributed by atoms with E-state index in [-0.39, 0.29) is 5.78 Å². The minimum absolute atomic E-state index is 0.190. The molecule has 0 aromatic heterocycles. The molecule has 0 heterocycles. The van der Waals surface area contributed by atoms with Gasteiger partial charge in [-0.1, -0.05) is 18.2 Å². The van der Waals surface area contributed by atoms with Crippen LogP contribution in [0.25, 0.3) is 0 Å². The van der Waals surface area contributed by atoms with Crippen LogP contribution in [0.1, 0.15) is 19.3 Å².